The third kappa shape index (κ3) is 2.37. The van der Waals surface area contributed by atoms with Crippen LogP contribution >= 0.6 is 0 Å². The molecule has 0 amide bonds. The second-order valence-corrected chi connectivity index (χ2v) is 3.93. The second kappa shape index (κ2) is 4.31. The SMILES string of the molecule is COc1nc(C)c(CC(C)C)cc1N. The Labute approximate surface area is 85.3 Å². The van der Waals surface area contributed by atoms with Gasteiger partial charge in [0.1, 0.15) is 0 Å². The number of hydrogen-bond acceptors (Lipinski definition) is 3. The summed E-state index contributed by atoms with van der Waals surface area (Å²) in [5.74, 6) is 1.14. The van der Waals surface area contributed by atoms with E-state index < -0.39 is 0 Å². The Morgan fingerprint density at radius 2 is 2.14 bits per heavy atom. The van der Waals surface area contributed by atoms with E-state index in [1.807, 2.05) is 13.0 Å². The van der Waals surface area contributed by atoms with Crippen LogP contribution in [0.15, 0.2) is 6.07 Å². The van der Waals surface area contributed by atoms with Crippen molar-refractivity contribution in [2.75, 3.05) is 12.8 Å². The lowest BCUT2D eigenvalue weighted by atomic mass is 10.0. The zero-order valence-corrected chi connectivity index (χ0v) is 9.29. The first-order valence-electron chi connectivity index (χ1n) is 4.84. The summed E-state index contributed by atoms with van der Waals surface area (Å²) < 4.78 is 5.05. The van der Waals surface area contributed by atoms with Crippen LogP contribution in [0.2, 0.25) is 0 Å². The van der Waals surface area contributed by atoms with Gasteiger partial charge in [-0.1, -0.05) is 13.8 Å². The summed E-state index contributed by atoms with van der Waals surface area (Å²) in [4.78, 5) is 4.30. The summed E-state index contributed by atoms with van der Waals surface area (Å²) in [6.45, 7) is 6.35. The van der Waals surface area contributed by atoms with Gasteiger partial charge in [-0.25, -0.2) is 4.98 Å². The van der Waals surface area contributed by atoms with E-state index in [0.717, 1.165) is 12.1 Å². The zero-order valence-electron chi connectivity index (χ0n) is 9.29. The standard InChI is InChI=1S/C11H18N2O/c1-7(2)5-9-6-10(12)11(14-4)13-8(9)3/h6-7H,5,12H2,1-4H3. The van der Waals surface area contributed by atoms with Crippen molar-refractivity contribution in [3.8, 4) is 5.88 Å². The zero-order chi connectivity index (χ0) is 10.7. The molecule has 1 heterocycles. The summed E-state index contributed by atoms with van der Waals surface area (Å²) in [6.07, 6.45) is 1.01. The maximum atomic E-state index is 5.79. The normalized spacial score (nSPS) is 10.6. The highest BCUT2D eigenvalue weighted by Crippen LogP contribution is 2.23. The minimum Gasteiger partial charge on any atom is -0.480 e. The van der Waals surface area contributed by atoms with Gasteiger partial charge in [-0.2, -0.15) is 0 Å². The van der Waals surface area contributed by atoms with Crippen LogP contribution in [0.4, 0.5) is 5.69 Å². The molecular formula is C11H18N2O. The van der Waals surface area contributed by atoms with Gasteiger partial charge in [0.15, 0.2) is 0 Å². The molecule has 1 aromatic heterocycles. The Bertz CT molecular complexity index is 321. The minimum absolute atomic E-state index is 0.523. The highest BCUT2D eigenvalue weighted by molar-refractivity contribution is 5.51. The smallest absolute Gasteiger partial charge is 0.237 e. The third-order valence-electron chi connectivity index (χ3n) is 2.13. The van der Waals surface area contributed by atoms with E-state index in [1.165, 1.54) is 5.56 Å². The van der Waals surface area contributed by atoms with Crippen molar-refractivity contribution >= 4 is 5.69 Å². The van der Waals surface area contributed by atoms with E-state index in [0.29, 0.717) is 17.5 Å². The largest absolute Gasteiger partial charge is 0.480 e. The van der Waals surface area contributed by atoms with Crippen LogP contribution < -0.4 is 10.5 Å². The molecule has 14 heavy (non-hydrogen) atoms. The molecule has 3 heteroatoms. The van der Waals surface area contributed by atoms with Gasteiger partial charge in [0.25, 0.3) is 0 Å². The van der Waals surface area contributed by atoms with Crippen molar-refractivity contribution in [1.29, 1.82) is 0 Å². The molecule has 3 nitrogen and oxygen atoms in total. The van der Waals surface area contributed by atoms with E-state index in [9.17, 15) is 0 Å². The van der Waals surface area contributed by atoms with Crippen molar-refractivity contribution in [2.24, 2.45) is 5.92 Å². The van der Waals surface area contributed by atoms with Gasteiger partial charge in [-0.15, -0.1) is 0 Å². The van der Waals surface area contributed by atoms with Crippen molar-refractivity contribution in [2.45, 2.75) is 27.2 Å². The van der Waals surface area contributed by atoms with E-state index in [4.69, 9.17) is 10.5 Å². The fraction of sp³-hybridized carbons (Fsp3) is 0.545. The number of nitrogens with two attached hydrogens (primary N) is 1. The Balaban J connectivity index is 3.02. The predicted molar refractivity (Wildman–Crippen MR) is 58.5 cm³/mol. The third-order valence-corrected chi connectivity index (χ3v) is 2.13. The summed E-state index contributed by atoms with van der Waals surface area (Å²) in [6, 6.07) is 1.96. The molecule has 0 bridgehead atoms. The lowest BCUT2D eigenvalue weighted by molar-refractivity contribution is 0.398. The van der Waals surface area contributed by atoms with Crippen LogP contribution in [-0.2, 0) is 6.42 Å². The molecule has 0 aliphatic rings. The number of hydrogen-bond donors (Lipinski definition) is 1. The van der Waals surface area contributed by atoms with E-state index in [-0.39, 0.29) is 0 Å². The number of ether oxygens (including phenoxy) is 1. The summed E-state index contributed by atoms with van der Waals surface area (Å²) in [5, 5.41) is 0. The Morgan fingerprint density at radius 1 is 1.50 bits per heavy atom. The molecule has 1 aromatic rings. The highest BCUT2D eigenvalue weighted by atomic mass is 16.5. The molecule has 0 spiro atoms. The molecule has 0 aromatic carbocycles. The van der Waals surface area contributed by atoms with Crippen LogP contribution in [0, 0.1) is 12.8 Å². The van der Waals surface area contributed by atoms with Gasteiger partial charge in [-0.3, -0.25) is 0 Å². The fourth-order valence-electron chi connectivity index (χ4n) is 1.45. The fourth-order valence-corrected chi connectivity index (χ4v) is 1.45. The van der Waals surface area contributed by atoms with Crippen LogP contribution in [0.5, 0.6) is 5.88 Å². The second-order valence-electron chi connectivity index (χ2n) is 3.93. The molecule has 0 saturated carbocycles. The Kier molecular flexibility index (Phi) is 3.33. The lowest BCUT2D eigenvalue weighted by Gasteiger charge is -2.11. The molecule has 0 aliphatic carbocycles. The van der Waals surface area contributed by atoms with Crippen LogP contribution in [0.3, 0.4) is 0 Å². The first-order valence-corrected chi connectivity index (χ1v) is 4.84. The number of aromatic nitrogens is 1. The molecule has 2 N–H and O–H groups in total. The quantitative estimate of drug-likeness (QED) is 0.802. The number of methoxy groups -OCH3 is 1. The maximum absolute atomic E-state index is 5.79. The molecule has 0 radical (unpaired) electrons. The minimum atomic E-state index is 0.523. The van der Waals surface area contributed by atoms with Gasteiger partial charge < -0.3 is 10.5 Å². The number of anilines is 1. The number of nitrogen functional groups attached to an aromatic ring is 1. The van der Waals surface area contributed by atoms with Crippen molar-refractivity contribution in [3.63, 3.8) is 0 Å². The number of aryl methyl sites for hydroxylation is 1. The lowest BCUT2D eigenvalue weighted by Crippen LogP contribution is -2.03. The molecule has 78 valence electrons. The maximum Gasteiger partial charge on any atom is 0.237 e. The van der Waals surface area contributed by atoms with Gasteiger partial charge in [-0.05, 0) is 30.9 Å². The van der Waals surface area contributed by atoms with E-state index >= 15 is 0 Å². The number of rotatable bonds is 3. The Morgan fingerprint density at radius 3 is 2.64 bits per heavy atom. The summed E-state index contributed by atoms with van der Waals surface area (Å²) in [5.41, 5.74) is 8.62. The molecule has 0 aliphatic heterocycles. The monoisotopic (exact) mass is 194 g/mol. The first kappa shape index (κ1) is 10.8. The summed E-state index contributed by atoms with van der Waals surface area (Å²) in [7, 11) is 1.58. The Hall–Kier alpha value is -1.25. The van der Waals surface area contributed by atoms with Gasteiger partial charge >= 0.3 is 0 Å². The van der Waals surface area contributed by atoms with Crippen molar-refractivity contribution < 1.29 is 4.74 Å². The molecule has 0 saturated heterocycles. The first-order chi connectivity index (χ1) is 6.54. The molecule has 0 fully saturated rings. The average molecular weight is 194 g/mol. The predicted octanol–water partition coefficient (Wildman–Crippen LogP) is 2.18. The number of nitrogens with zero attached hydrogens (tertiary/aromatic N) is 1. The van der Waals surface area contributed by atoms with Gasteiger partial charge in [0.2, 0.25) is 5.88 Å². The van der Waals surface area contributed by atoms with Crippen LogP contribution in [0.25, 0.3) is 0 Å². The van der Waals surface area contributed by atoms with Crippen LogP contribution in [0.1, 0.15) is 25.1 Å². The molecule has 0 unspecified atom stereocenters. The average Bonchev–Trinajstić information content (AvgIpc) is 2.10. The van der Waals surface area contributed by atoms with Crippen molar-refractivity contribution in [1.82, 2.24) is 4.98 Å². The molecular weight excluding hydrogens is 176 g/mol. The van der Waals surface area contributed by atoms with Crippen molar-refractivity contribution in [3.05, 3.63) is 17.3 Å². The summed E-state index contributed by atoms with van der Waals surface area (Å²) >= 11 is 0. The van der Waals surface area contributed by atoms with Crippen LogP contribution in [-0.4, -0.2) is 12.1 Å². The highest BCUT2D eigenvalue weighted by Gasteiger charge is 2.08. The van der Waals surface area contributed by atoms with Gasteiger partial charge in [0.05, 0.1) is 12.8 Å². The van der Waals surface area contributed by atoms with Gasteiger partial charge in [0, 0.05) is 5.69 Å². The number of pyridine rings is 1. The van der Waals surface area contributed by atoms with E-state index in [1.54, 1.807) is 7.11 Å². The van der Waals surface area contributed by atoms with E-state index in [2.05, 4.69) is 18.8 Å². The molecule has 1 rings (SSSR count). The topological polar surface area (TPSA) is 48.1 Å². The molecule has 0 atom stereocenters.